The molecule has 1 rings (SSSR count). The number of nitrogens with zero attached hydrogens (tertiary/aromatic N) is 1. The van der Waals surface area contributed by atoms with Crippen LogP contribution < -0.4 is 4.90 Å². The van der Waals surface area contributed by atoms with Crippen LogP contribution in [0.15, 0.2) is 24.3 Å². The van der Waals surface area contributed by atoms with Crippen LogP contribution in [0, 0.1) is 5.82 Å². The van der Waals surface area contributed by atoms with E-state index in [0.717, 1.165) is 4.90 Å². The third-order valence-corrected chi connectivity index (χ3v) is 1.71. The third-order valence-electron chi connectivity index (χ3n) is 1.46. The molecule has 64 valence electrons. The molecule has 0 aliphatic carbocycles. The molecule has 0 saturated carbocycles. The molecule has 0 aliphatic rings. The maximum Gasteiger partial charge on any atom is 0.320 e. The molecule has 0 aliphatic heterocycles. The van der Waals surface area contributed by atoms with Crippen molar-refractivity contribution in [1.82, 2.24) is 0 Å². The molecule has 0 heterocycles. The van der Waals surface area contributed by atoms with E-state index in [0.29, 0.717) is 5.69 Å². The number of rotatable bonds is 1. The van der Waals surface area contributed by atoms with E-state index in [1.54, 1.807) is 6.07 Å². The van der Waals surface area contributed by atoms with Crippen LogP contribution in [-0.2, 0) is 0 Å². The predicted molar refractivity (Wildman–Crippen MR) is 46.1 cm³/mol. The van der Waals surface area contributed by atoms with E-state index >= 15 is 0 Å². The summed E-state index contributed by atoms with van der Waals surface area (Å²) in [6.07, 6.45) is 0. The van der Waals surface area contributed by atoms with Gasteiger partial charge < -0.3 is 4.90 Å². The maximum absolute atomic E-state index is 12.6. The van der Waals surface area contributed by atoms with Crippen LogP contribution >= 0.6 is 11.6 Å². The van der Waals surface area contributed by atoms with E-state index < -0.39 is 11.2 Å². The van der Waals surface area contributed by atoms with E-state index in [4.69, 9.17) is 11.6 Å². The van der Waals surface area contributed by atoms with Crippen molar-refractivity contribution in [3.05, 3.63) is 30.1 Å². The number of hydrogen-bond acceptors (Lipinski definition) is 1. The number of anilines is 1. The minimum Gasteiger partial charge on any atom is -0.302 e. The summed E-state index contributed by atoms with van der Waals surface area (Å²) in [5, 5.41) is -0.638. The largest absolute Gasteiger partial charge is 0.320 e. The molecule has 0 saturated heterocycles. The van der Waals surface area contributed by atoms with Gasteiger partial charge in [-0.15, -0.1) is 0 Å². The molecule has 0 N–H and O–H groups in total. The first-order valence-electron chi connectivity index (χ1n) is 3.30. The van der Waals surface area contributed by atoms with Gasteiger partial charge in [0.2, 0.25) is 0 Å². The average molecular weight is 188 g/mol. The molecule has 0 bridgehead atoms. The first kappa shape index (κ1) is 9.00. The Balaban J connectivity index is 2.95. The maximum atomic E-state index is 12.6. The topological polar surface area (TPSA) is 20.3 Å². The molecule has 0 spiro atoms. The molecule has 0 unspecified atom stereocenters. The van der Waals surface area contributed by atoms with E-state index in [1.165, 1.54) is 25.2 Å². The summed E-state index contributed by atoms with van der Waals surface area (Å²) in [6, 6.07) is 5.65. The SMILES string of the molecule is CN(C(=O)Cl)c1cccc(F)c1. The lowest BCUT2D eigenvalue weighted by Gasteiger charge is -2.12. The zero-order valence-electron chi connectivity index (χ0n) is 6.42. The van der Waals surface area contributed by atoms with Crippen LogP contribution in [0.2, 0.25) is 0 Å². The lowest BCUT2D eigenvalue weighted by Crippen LogP contribution is -2.19. The minimum atomic E-state index is -0.638. The summed E-state index contributed by atoms with van der Waals surface area (Å²) < 4.78 is 12.6. The Bertz CT molecular complexity index is 303. The van der Waals surface area contributed by atoms with E-state index in [9.17, 15) is 9.18 Å². The quantitative estimate of drug-likeness (QED) is 0.489. The summed E-state index contributed by atoms with van der Waals surface area (Å²) in [5.41, 5.74) is 0.440. The van der Waals surface area contributed by atoms with Crippen molar-refractivity contribution in [2.45, 2.75) is 0 Å². The predicted octanol–water partition coefficient (Wildman–Crippen LogP) is 2.62. The molecular weight excluding hydrogens is 181 g/mol. The molecule has 0 fully saturated rings. The monoisotopic (exact) mass is 187 g/mol. The zero-order valence-corrected chi connectivity index (χ0v) is 7.18. The van der Waals surface area contributed by atoms with Crippen LogP contribution in [0.5, 0.6) is 0 Å². The second-order valence-electron chi connectivity index (χ2n) is 2.29. The Morgan fingerprint density at radius 2 is 2.25 bits per heavy atom. The van der Waals surface area contributed by atoms with Gasteiger partial charge in [-0.25, -0.2) is 4.39 Å². The lowest BCUT2D eigenvalue weighted by atomic mass is 10.3. The van der Waals surface area contributed by atoms with Gasteiger partial charge in [-0.3, -0.25) is 4.79 Å². The molecule has 1 amide bonds. The second kappa shape index (κ2) is 3.54. The Hall–Kier alpha value is -1.09. The van der Waals surface area contributed by atoms with Crippen molar-refractivity contribution < 1.29 is 9.18 Å². The molecular formula is C8H7ClFNO. The highest BCUT2D eigenvalue weighted by Gasteiger charge is 2.06. The average Bonchev–Trinajstić information content (AvgIpc) is 2.03. The van der Waals surface area contributed by atoms with Gasteiger partial charge in [0.05, 0.1) is 0 Å². The fraction of sp³-hybridized carbons (Fsp3) is 0.125. The standard InChI is InChI=1S/C8H7ClFNO/c1-11(8(9)12)7-4-2-3-6(10)5-7/h2-5H,1H3. The highest BCUT2D eigenvalue weighted by Crippen LogP contribution is 2.14. The van der Waals surface area contributed by atoms with Crippen molar-refractivity contribution in [1.29, 1.82) is 0 Å². The number of halogens is 2. The van der Waals surface area contributed by atoms with Gasteiger partial charge in [0.15, 0.2) is 0 Å². The summed E-state index contributed by atoms with van der Waals surface area (Å²) in [4.78, 5) is 11.8. The van der Waals surface area contributed by atoms with Gasteiger partial charge in [0.1, 0.15) is 5.82 Å². The molecule has 0 atom stereocenters. The third kappa shape index (κ3) is 1.95. The summed E-state index contributed by atoms with van der Waals surface area (Å²) >= 11 is 5.18. The van der Waals surface area contributed by atoms with Crippen molar-refractivity contribution in [2.75, 3.05) is 11.9 Å². The second-order valence-corrected chi connectivity index (χ2v) is 2.62. The van der Waals surface area contributed by atoms with Crippen LogP contribution in [0.1, 0.15) is 0 Å². The highest BCUT2D eigenvalue weighted by molar-refractivity contribution is 6.66. The van der Waals surface area contributed by atoms with Gasteiger partial charge in [0.25, 0.3) is 0 Å². The van der Waals surface area contributed by atoms with Crippen LogP contribution in [0.4, 0.5) is 14.9 Å². The highest BCUT2D eigenvalue weighted by atomic mass is 35.5. The number of amides is 1. The molecule has 1 aromatic carbocycles. The summed E-state index contributed by atoms with van der Waals surface area (Å²) in [5.74, 6) is -0.391. The zero-order chi connectivity index (χ0) is 9.14. The van der Waals surface area contributed by atoms with Crippen LogP contribution in [0.25, 0.3) is 0 Å². The lowest BCUT2D eigenvalue weighted by molar-refractivity contribution is 0.265. The normalized spacial score (nSPS) is 9.58. The number of hydrogen-bond donors (Lipinski definition) is 0. The minimum absolute atomic E-state index is 0.391. The van der Waals surface area contributed by atoms with Gasteiger partial charge in [-0.2, -0.15) is 0 Å². The number of carbonyl (C=O) groups excluding carboxylic acids is 1. The van der Waals surface area contributed by atoms with Crippen molar-refractivity contribution in [2.24, 2.45) is 0 Å². The Kier molecular flexibility index (Phi) is 2.65. The fourth-order valence-electron chi connectivity index (χ4n) is 0.786. The van der Waals surface area contributed by atoms with Crippen molar-refractivity contribution in [3.8, 4) is 0 Å². The van der Waals surface area contributed by atoms with Gasteiger partial charge in [0, 0.05) is 12.7 Å². The molecule has 4 heteroatoms. The number of benzene rings is 1. The van der Waals surface area contributed by atoms with Crippen LogP contribution in [0.3, 0.4) is 0 Å². The molecule has 0 radical (unpaired) electrons. The van der Waals surface area contributed by atoms with Gasteiger partial charge in [-0.05, 0) is 29.8 Å². The first-order valence-corrected chi connectivity index (χ1v) is 3.68. The Morgan fingerprint density at radius 1 is 1.58 bits per heavy atom. The van der Waals surface area contributed by atoms with Crippen molar-refractivity contribution >= 4 is 22.7 Å². The molecule has 12 heavy (non-hydrogen) atoms. The summed E-state index contributed by atoms with van der Waals surface area (Å²) in [6.45, 7) is 0. The van der Waals surface area contributed by atoms with Crippen molar-refractivity contribution in [3.63, 3.8) is 0 Å². The van der Waals surface area contributed by atoms with E-state index in [1.807, 2.05) is 0 Å². The first-order chi connectivity index (χ1) is 5.61. The smallest absolute Gasteiger partial charge is 0.302 e. The van der Waals surface area contributed by atoms with E-state index in [-0.39, 0.29) is 0 Å². The molecule has 2 nitrogen and oxygen atoms in total. The molecule has 0 aromatic heterocycles. The van der Waals surface area contributed by atoms with Gasteiger partial charge >= 0.3 is 5.37 Å². The van der Waals surface area contributed by atoms with E-state index in [2.05, 4.69) is 0 Å². The molecule has 1 aromatic rings. The summed E-state index contributed by atoms with van der Waals surface area (Å²) in [7, 11) is 1.48. The van der Waals surface area contributed by atoms with Gasteiger partial charge in [-0.1, -0.05) is 6.07 Å². The van der Waals surface area contributed by atoms with Crippen LogP contribution in [-0.4, -0.2) is 12.4 Å². The fourth-order valence-corrected chi connectivity index (χ4v) is 0.884. The Morgan fingerprint density at radius 3 is 2.75 bits per heavy atom. The Labute approximate surface area is 74.6 Å². The number of carbonyl (C=O) groups is 1.